The molecule has 1 N–H and O–H groups in total. The first-order chi connectivity index (χ1) is 12.4. The van der Waals surface area contributed by atoms with Gasteiger partial charge in [-0.2, -0.15) is 0 Å². The van der Waals surface area contributed by atoms with Crippen LogP contribution in [0.4, 0.5) is 0 Å². The zero-order valence-corrected chi connectivity index (χ0v) is 16.5. The summed E-state index contributed by atoms with van der Waals surface area (Å²) in [6, 6.07) is 6.11. The standard InChI is InChI=1S/C21H33NO4/c1-5-25-21(24)17-8-10-22(11-9-17)13-18(23)14-26-19-6-7-20(15(2)3)16(4)12-19/h6-7,12,15,17-18,23H,5,8-11,13-14H2,1-4H3/t18-/m1/s1. The Bertz CT molecular complexity index is 579. The molecule has 5 heteroatoms. The molecule has 1 aromatic rings. The van der Waals surface area contributed by atoms with Gasteiger partial charge in [-0.1, -0.05) is 19.9 Å². The maximum atomic E-state index is 11.8. The molecule has 1 fully saturated rings. The molecule has 146 valence electrons. The van der Waals surface area contributed by atoms with Crippen LogP contribution in [0.5, 0.6) is 5.75 Å². The molecule has 1 aliphatic heterocycles. The number of esters is 1. The Morgan fingerprint density at radius 2 is 2.00 bits per heavy atom. The summed E-state index contributed by atoms with van der Waals surface area (Å²) in [5.74, 6) is 1.21. The predicted octanol–water partition coefficient (Wildman–Crippen LogP) is 3.13. The molecule has 0 unspecified atom stereocenters. The molecular weight excluding hydrogens is 330 g/mol. The number of carbonyl (C=O) groups is 1. The van der Waals surface area contributed by atoms with Crippen LogP contribution in [0.3, 0.4) is 0 Å². The molecule has 1 heterocycles. The fourth-order valence-corrected chi connectivity index (χ4v) is 3.54. The van der Waals surface area contributed by atoms with Crippen molar-refractivity contribution in [3.8, 4) is 5.75 Å². The molecular formula is C21H33NO4. The van der Waals surface area contributed by atoms with Crippen molar-refractivity contribution in [3.63, 3.8) is 0 Å². The average Bonchev–Trinajstić information content (AvgIpc) is 2.60. The molecule has 2 rings (SSSR count). The van der Waals surface area contributed by atoms with Gasteiger partial charge < -0.3 is 19.5 Å². The van der Waals surface area contributed by atoms with Crippen molar-refractivity contribution in [2.24, 2.45) is 5.92 Å². The maximum Gasteiger partial charge on any atom is 0.309 e. The number of likely N-dealkylation sites (tertiary alicyclic amines) is 1. The highest BCUT2D eigenvalue weighted by Gasteiger charge is 2.26. The van der Waals surface area contributed by atoms with E-state index in [0.29, 0.717) is 19.1 Å². The van der Waals surface area contributed by atoms with Crippen LogP contribution in [-0.4, -0.2) is 54.9 Å². The molecule has 0 spiro atoms. The number of β-amino-alcohol motifs (C(OH)–C–C–N with tert-alkyl or cyclic N) is 1. The summed E-state index contributed by atoms with van der Waals surface area (Å²) in [5, 5.41) is 10.3. The summed E-state index contributed by atoms with van der Waals surface area (Å²) in [4.78, 5) is 14.0. The molecule has 1 aromatic carbocycles. The van der Waals surface area contributed by atoms with Crippen LogP contribution >= 0.6 is 0 Å². The van der Waals surface area contributed by atoms with E-state index < -0.39 is 6.10 Å². The Morgan fingerprint density at radius 3 is 2.58 bits per heavy atom. The van der Waals surface area contributed by atoms with E-state index in [1.165, 1.54) is 11.1 Å². The van der Waals surface area contributed by atoms with Gasteiger partial charge in [0.1, 0.15) is 18.5 Å². The van der Waals surface area contributed by atoms with E-state index in [4.69, 9.17) is 9.47 Å². The van der Waals surface area contributed by atoms with Crippen molar-refractivity contribution in [1.29, 1.82) is 0 Å². The number of aliphatic hydroxyl groups excluding tert-OH is 1. The Hall–Kier alpha value is -1.59. The number of aryl methyl sites for hydroxylation is 1. The van der Waals surface area contributed by atoms with E-state index in [2.05, 4.69) is 31.7 Å². The summed E-state index contributed by atoms with van der Waals surface area (Å²) < 4.78 is 10.9. The van der Waals surface area contributed by atoms with Gasteiger partial charge in [0.05, 0.1) is 12.5 Å². The first-order valence-corrected chi connectivity index (χ1v) is 9.71. The Kier molecular flexibility index (Phi) is 7.91. The van der Waals surface area contributed by atoms with E-state index in [9.17, 15) is 9.90 Å². The lowest BCUT2D eigenvalue weighted by Crippen LogP contribution is -2.42. The van der Waals surface area contributed by atoms with E-state index >= 15 is 0 Å². The van der Waals surface area contributed by atoms with Crippen molar-refractivity contribution in [1.82, 2.24) is 4.90 Å². The third-order valence-corrected chi connectivity index (χ3v) is 4.98. The number of piperidine rings is 1. The number of hydrogen-bond acceptors (Lipinski definition) is 5. The molecule has 1 saturated heterocycles. The zero-order valence-electron chi connectivity index (χ0n) is 16.5. The average molecular weight is 363 g/mol. The van der Waals surface area contributed by atoms with Gasteiger partial charge in [-0.15, -0.1) is 0 Å². The monoisotopic (exact) mass is 363 g/mol. The second kappa shape index (κ2) is 9.93. The summed E-state index contributed by atoms with van der Waals surface area (Å²) in [6.45, 7) is 11.2. The normalized spacial score (nSPS) is 17.3. The number of hydrogen-bond donors (Lipinski definition) is 1. The molecule has 0 bridgehead atoms. The lowest BCUT2D eigenvalue weighted by molar-refractivity contribution is -0.149. The third-order valence-electron chi connectivity index (χ3n) is 4.98. The van der Waals surface area contributed by atoms with Gasteiger partial charge in [0.15, 0.2) is 0 Å². The van der Waals surface area contributed by atoms with Crippen LogP contribution in [0, 0.1) is 12.8 Å². The van der Waals surface area contributed by atoms with Crippen molar-refractivity contribution in [2.75, 3.05) is 32.8 Å². The topological polar surface area (TPSA) is 59.0 Å². The largest absolute Gasteiger partial charge is 0.491 e. The SMILES string of the molecule is CCOC(=O)C1CCN(C[C@@H](O)COc2ccc(C(C)C)c(C)c2)CC1. The van der Waals surface area contributed by atoms with Crippen molar-refractivity contribution < 1.29 is 19.4 Å². The first kappa shape index (κ1) is 20.7. The minimum atomic E-state index is -0.542. The zero-order chi connectivity index (χ0) is 19.1. The van der Waals surface area contributed by atoms with Crippen molar-refractivity contribution in [3.05, 3.63) is 29.3 Å². The fourth-order valence-electron chi connectivity index (χ4n) is 3.54. The molecule has 5 nitrogen and oxygen atoms in total. The number of rotatable bonds is 8. The summed E-state index contributed by atoms with van der Waals surface area (Å²) >= 11 is 0. The van der Waals surface area contributed by atoms with E-state index in [1.807, 2.05) is 19.1 Å². The quantitative estimate of drug-likeness (QED) is 0.719. The van der Waals surface area contributed by atoms with E-state index in [0.717, 1.165) is 31.7 Å². The molecule has 1 atom stereocenters. The molecule has 0 aromatic heterocycles. The van der Waals surface area contributed by atoms with E-state index in [-0.39, 0.29) is 18.5 Å². The minimum Gasteiger partial charge on any atom is -0.491 e. The smallest absolute Gasteiger partial charge is 0.309 e. The molecule has 0 amide bonds. The van der Waals surface area contributed by atoms with Gasteiger partial charge in [-0.25, -0.2) is 0 Å². The number of nitrogens with zero attached hydrogens (tertiary/aromatic N) is 1. The summed E-state index contributed by atoms with van der Waals surface area (Å²) in [6.07, 6.45) is 1.05. The number of benzene rings is 1. The van der Waals surface area contributed by atoms with Crippen LogP contribution in [-0.2, 0) is 9.53 Å². The highest BCUT2D eigenvalue weighted by atomic mass is 16.5. The van der Waals surface area contributed by atoms with Crippen LogP contribution < -0.4 is 4.74 Å². The Morgan fingerprint density at radius 1 is 1.31 bits per heavy atom. The lowest BCUT2D eigenvalue weighted by Gasteiger charge is -2.32. The van der Waals surface area contributed by atoms with Gasteiger partial charge in [0, 0.05) is 6.54 Å². The summed E-state index contributed by atoms with van der Waals surface area (Å²) in [5.41, 5.74) is 2.54. The Labute approximate surface area is 157 Å². The number of aliphatic hydroxyl groups is 1. The van der Waals surface area contributed by atoms with Gasteiger partial charge in [0.25, 0.3) is 0 Å². The fraction of sp³-hybridized carbons (Fsp3) is 0.667. The highest BCUT2D eigenvalue weighted by Crippen LogP contribution is 2.24. The number of ether oxygens (including phenoxy) is 2. The summed E-state index contributed by atoms with van der Waals surface area (Å²) in [7, 11) is 0. The molecule has 0 radical (unpaired) electrons. The minimum absolute atomic E-state index is 0.00189. The van der Waals surface area contributed by atoms with Gasteiger partial charge in [-0.05, 0) is 69.0 Å². The highest BCUT2D eigenvalue weighted by molar-refractivity contribution is 5.72. The van der Waals surface area contributed by atoms with Gasteiger partial charge in [-0.3, -0.25) is 4.79 Å². The van der Waals surface area contributed by atoms with Crippen molar-refractivity contribution in [2.45, 2.75) is 52.6 Å². The second-order valence-electron chi connectivity index (χ2n) is 7.46. The second-order valence-corrected chi connectivity index (χ2v) is 7.46. The first-order valence-electron chi connectivity index (χ1n) is 9.71. The number of carbonyl (C=O) groups excluding carboxylic acids is 1. The van der Waals surface area contributed by atoms with Crippen molar-refractivity contribution >= 4 is 5.97 Å². The maximum absolute atomic E-state index is 11.8. The molecule has 26 heavy (non-hydrogen) atoms. The molecule has 0 aliphatic carbocycles. The molecule has 1 aliphatic rings. The third kappa shape index (κ3) is 5.99. The van der Waals surface area contributed by atoms with Crippen LogP contribution in [0.15, 0.2) is 18.2 Å². The van der Waals surface area contributed by atoms with Gasteiger partial charge in [0.2, 0.25) is 0 Å². The lowest BCUT2D eigenvalue weighted by atomic mass is 9.97. The Balaban J connectivity index is 1.73. The predicted molar refractivity (Wildman–Crippen MR) is 103 cm³/mol. The van der Waals surface area contributed by atoms with Crippen LogP contribution in [0.25, 0.3) is 0 Å². The van der Waals surface area contributed by atoms with Crippen LogP contribution in [0.1, 0.15) is 50.7 Å². The van der Waals surface area contributed by atoms with Gasteiger partial charge >= 0.3 is 5.97 Å². The van der Waals surface area contributed by atoms with Crippen LogP contribution in [0.2, 0.25) is 0 Å². The molecule has 0 saturated carbocycles. The van der Waals surface area contributed by atoms with E-state index in [1.54, 1.807) is 0 Å².